The Morgan fingerprint density at radius 2 is 2.29 bits per heavy atom. The summed E-state index contributed by atoms with van der Waals surface area (Å²) in [6.45, 7) is 1.04. The number of nitrogens with one attached hydrogen (secondary N) is 2. The number of benzene rings is 1. The monoisotopic (exact) mass is 252 g/mol. The SMILES string of the molecule is N=Cc1cc(Br)ccc1NCC1CC1. The van der Waals surface area contributed by atoms with Crippen LogP contribution in [-0.4, -0.2) is 12.8 Å². The molecule has 1 aliphatic carbocycles. The van der Waals surface area contributed by atoms with Gasteiger partial charge in [0.05, 0.1) is 0 Å². The van der Waals surface area contributed by atoms with Gasteiger partial charge in [-0.3, -0.25) is 0 Å². The first kappa shape index (κ1) is 9.71. The number of rotatable bonds is 4. The highest BCUT2D eigenvalue weighted by atomic mass is 79.9. The van der Waals surface area contributed by atoms with Crippen molar-refractivity contribution in [3.63, 3.8) is 0 Å². The highest BCUT2D eigenvalue weighted by Crippen LogP contribution is 2.29. The Hall–Kier alpha value is -0.830. The number of hydrogen-bond acceptors (Lipinski definition) is 2. The molecule has 2 rings (SSSR count). The van der Waals surface area contributed by atoms with E-state index in [1.54, 1.807) is 0 Å². The van der Waals surface area contributed by atoms with Crippen LogP contribution in [0.5, 0.6) is 0 Å². The van der Waals surface area contributed by atoms with Gasteiger partial charge in [0, 0.05) is 28.5 Å². The van der Waals surface area contributed by atoms with Crippen molar-refractivity contribution in [3.8, 4) is 0 Å². The number of halogens is 1. The zero-order valence-electron chi connectivity index (χ0n) is 7.89. The third kappa shape index (κ3) is 2.35. The molecular weight excluding hydrogens is 240 g/mol. The van der Waals surface area contributed by atoms with Crippen LogP contribution in [0.4, 0.5) is 5.69 Å². The summed E-state index contributed by atoms with van der Waals surface area (Å²) < 4.78 is 1.02. The lowest BCUT2D eigenvalue weighted by molar-refractivity contribution is 0.889. The van der Waals surface area contributed by atoms with E-state index in [0.717, 1.165) is 28.2 Å². The van der Waals surface area contributed by atoms with E-state index in [9.17, 15) is 0 Å². The summed E-state index contributed by atoms with van der Waals surface area (Å²) in [5.41, 5.74) is 2.01. The predicted molar refractivity (Wildman–Crippen MR) is 63.2 cm³/mol. The topological polar surface area (TPSA) is 35.9 Å². The Kier molecular flexibility index (Phi) is 2.87. The van der Waals surface area contributed by atoms with E-state index in [1.165, 1.54) is 19.1 Å². The van der Waals surface area contributed by atoms with Gasteiger partial charge >= 0.3 is 0 Å². The van der Waals surface area contributed by atoms with Crippen LogP contribution < -0.4 is 5.32 Å². The lowest BCUT2D eigenvalue weighted by Crippen LogP contribution is -2.05. The molecule has 1 aromatic rings. The van der Waals surface area contributed by atoms with E-state index in [4.69, 9.17) is 5.41 Å². The fourth-order valence-corrected chi connectivity index (χ4v) is 1.77. The molecule has 1 saturated carbocycles. The van der Waals surface area contributed by atoms with Gasteiger partial charge in [-0.2, -0.15) is 0 Å². The van der Waals surface area contributed by atoms with E-state index in [0.29, 0.717) is 0 Å². The molecule has 0 aliphatic heterocycles. The molecule has 1 fully saturated rings. The molecule has 0 spiro atoms. The molecule has 2 N–H and O–H groups in total. The van der Waals surface area contributed by atoms with Crippen molar-refractivity contribution >= 4 is 27.8 Å². The second kappa shape index (κ2) is 4.13. The molecule has 1 aliphatic rings. The second-order valence-corrected chi connectivity index (χ2v) is 4.62. The fourth-order valence-electron chi connectivity index (χ4n) is 1.39. The molecule has 0 bridgehead atoms. The van der Waals surface area contributed by atoms with Crippen molar-refractivity contribution in [1.29, 1.82) is 5.41 Å². The standard InChI is InChI=1S/C11H13BrN2/c12-10-3-4-11(9(5-10)6-13)14-7-8-1-2-8/h3-6,8,13-14H,1-2,7H2. The van der Waals surface area contributed by atoms with Gasteiger partial charge in [-0.1, -0.05) is 15.9 Å². The largest absolute Gasteiger partial charge is 0.384 e. The summed E-state index contributed by atoms with van der Waals surface area (Å²) in [6, 6.07) is 5.98. The first-order valence-corrected chi connectivity index (χ1v) is 5.63. The molecule has 0 heterocycles. The van der Waals surface area contributed by atoms with Crippen molar-refractivity contribution in [2.45, 2.75) is 12.8 Å². The summed E-state index contributed by atoms with van der Waals surface area (Å²) in [5, 5.41) is 10.7. The van der Waals surface area contributed by atoms with Crippen molar-refractivity contribution in [2.75, 3.05) is 11.9 Å². The van der Waals surface area contributed by atoms with E-state index in [-0.39, 0.29) is 0 Å². The van der Waals surface area contributed by atoms with Crippen molar-refractivity contribution < 1.29 is 0 Å². The minimum absolute atomic E-state index is 0.859. The summed E-state index contributed by atoms with van der Waals surface area (Å²) in [7, 11) is 0. The van der Waals surface area contributed by atoms with Gasteiger partial charge in [-0.25, -0.2) is 0 Å². The maximum atomic E-state index is 7.30. The third-order valence-corrected chi connectivity index (χ3v) is 2.94. The molecular formula is C11H13BrN2. The molecule has 74 valence electrons. The Balaban J connectivity index is 2.09. The zero-order valence-corrected chi connectivity index (χ0v) is 9.47. The number of anilines is 1. The molecule has 14 heavy (non-hydrogen) atoms. The molecule has 1 aromatic carbocycles. The first-order valence-electron chi connectivity index (χ1n) is 4.83. The molecule has 0 atom stereocenters. The summed E-state index contributed by atoms with van der Waals surface area (Å²) >= 11 is 3.40. The van der Waals surface area contributed by atoms with Gasteiger partial charge in [0.15, 0.2) is 0 Å². The molecule has 0 amide bonds. The van der Waals surface area contributed by atoms with Crippen LogP contribution in [0, 0.1) is 11.3 Å². The quantitative estimate of drug-likeness (QED) is 0.794. The molecule has 0 aromatic heterocycles. The van der Waals surface area contributed by atoms with E-state index < -0.39 is 0 Å². The lowest BCUT2D eigenvalue weighted by atomic mass is 10.2. The fraction of sp³-hybridized carbons (Fsp3) is 0.364. The lowest BCUT2D eigenvalue weighted by Gasteiger charge is -2.08. The maximum Gasteiger partial charge on any atom is 0.0430 e. The van der Waals surface area contributed by atoms with Gasteiger partial charge in [-0.05, 0) is 37.0 Å². The van der Waals surface area contributed by atoms with E-state index >= 15 is 0 Å². The predicted octanol–water partition coefficient (Wildman–Crippen LogP) is 3.27. The van der Waals surface area contributed by atoms with Crippen LogP contribution in [0.25, 0.3) is 0 Å². The maximum absolute atomic E-state index is 7.30. The number of hydrogen-bond donors (Lipinski definition) is 2. The van der Waals surface area contributed by atoms with Crippen LogP contribution in [0.2, 0.25) is 0 Å². The van der Waals surface area contributed by atoms with Gasteiger partial charge in [0.2, 0.25) is 0 Å². The van der Waals surface area contributed by atoms with Crippen LogP contribution >= 0.6 is 15.9 Å². The zero-order chi connectivity index (χ0) is 9.97. The van der Waals surface area contributed by atoms with E-state index in [1.807, 2.05) is 18.2 Å². The Labute approximate surface area is 92.4 Å². The van der Waals surface area contributed by atoms with E-state index in [2.05, 4.69) is 21.2 Å². The minimum atomic E-state index is 0.859. The van der Waals surface area contributed by atoms with Crippen molar-refractivity contribution in [1.82, 2.24) is 0 Å². The van der Waals surface area contributed by atoms with Crippen LogP contribution in [0.1, 0.15) is 18.4 Å². The minimum Gasteiger partial charge on any atom is -0.384 e. The normalized spacial score (nSPS) is 15.2. The van der Waals surface area contributed by atoms with Crippen LogP contribution in [0.15, 0.2) is 22.7 Å². The Bertz CT molecular complexity index is 345. The van der Waals surface area contributed by atoms with Crippen LogP contribution in [-0.2, 0) is 0 Å². The van der Waals surface area contributed by atoms with Crippen molar-refractivity contribution in [2.24, 2.45) is 5.92 Å². The van der Waals surface area contributed by atoms with Gasteiger partial charge in [0.1, 0.15) is 0 Å². The summed E-state index contributed by atoms with van der Waals surface area (Å²) in [6.07, 6.45) is 4.09. The highest BCUT2D eigenvalue weighted by Gasteiger charge is 2.20. The Morgan fingerprint density at radius 3 is 2.93 bits per heavy atom. The molecule has 0 saturated heterocycles. The van der Waals surface area contributed by atoms with Crippen molar-refractivity contribution in [3.05, 3.63) is 28.2 Å². The average molecular weight is 253 g/mol. The van der Waals surface area contributed by atoms with Gasteiger partial charge < -0.3 is 10.7 Å². The second-order valence-electron chi connectivity index (χ2n) is 3.70. The Morgan fingerprint density at radius 1 is 1.50 bits per heavy atom. The van der Waals surface area contributed by atoms with Gasteiger partial charge in [0.25, 0.3) is 0 Å². The molecule has 0 radical (unpaired) electrons. The summed E-state index contributed by atoms with van der Waals surface area (Å²) in [5.74, 6) is 0.859. The van der Waals surface area contributed by atoms with Crippen LogP contribution in [0.3, 0.4) is 0 Å². The third-order valence-electron chi connectivity index (χ3n) is 2.45. The highest BCUT2D eigenvalue weighted by molar-refractivity contribution is 9.10. The molecule has 2 nitrogen and oxygen atoms in total. The average Bonchev–Trinajstić information content (AvgIpc) is 2.99. The molecule has 0 unspecified atom stereocenters. The first-order chi connectivity index (χ1) is 6.79. The smallest absolute Gasteiger partial charge is 0.0430 e. The summed E-state index contributed by atoms with van der Waals surface area (Å²) in [4.78, 5) is 0. The molecule has 3 heteroatoms. The van der Waals surface area contributed by atoms with Gasteiger partial charge in [-0.15, -0.1) is 0 Å².